The molecule has 72 valence electrons. The van der Waals surface area contributed by atoms with Crippen LogP contribution in [0.2, 0.25) is 5.02 Å². The third-order valence-corrected chi connectivity index (χ3v) is 1.75. The molecule has 0 aliphatic heterocycles. The average molecular weight is 222 g/mol. The van der Waals surface area contributed by atoms with E-state index in [1.54, 1.807) is 18.2 Å². The van der Waals surface area contributed by atoms with Crippen molar-refractivity contribution in [2.75, 3.05) is 12.8 Å². The maximum absolute atomic E-state index is 11.1. The van der Waals surface area contributed by atoms with Gasteiger partial charge in [-0.05, 0) is 12.1 Å². The summed E-state index contributed by atoms with van der Waals surface area (Å²) in [7, 11) is 1.28. The van der Waals surface area contributed by atoms with Gasteiger partial charge in [0, 0.05) is 5.69 Å². The van der Waals surface area contributed by atoms with Crippen LogP contribution in [0.4, 0.5) is 5.69 Å². The molecule has 0 amide bonds. The number of hydrogen-bond donors (Lipinski definition) is 1. The number of ether oxygens (including phenoxy) is 1. The highest BCUT2D eigenvalue weighted by molar-refractivity contribution is 6.34. The monoisotopic (exact) mass is 221 g/mol. The van der Waals surface area contributed by atoms with Gasteiger partial charge in [0.05, 0.1) is 12.1 Å². The van der Waals surface area contributed by atoms with Crippen LogP contribution in [0.1, 0.15) is 10.4 Å². The van der Waals surface area contributed by atoms with Crippen molar-refractivity contribution >= 4 is 35.7 Å². The highest BCUT2D eigenvalue weighted by Gasteiger charge is 2.13. The highest BCUT2D eigenvalue weighted by atomic mass is 35.5. The number of carbonyl (C=O) groups excluding carboxylic acids is 1. The number of benzene rings is 1. The quantitative estimate of drug-likeness (QED) is 0.584. The predicted octanol–water partition coefficient (Wildman–Crippen LogP) is 2.13. The van der Waals surface area contributed by atoms with Crippen molar-refractivity contribution in [1.29, 1.82) is 0 Å². The number of methoxy groups -OCH3 is 1. The summed E-state index contributed by atoms with van der Waals surface area (Å²) in [4.78, 5) is 11.1. The first-order chi connectivity index (χ1) is 5.66. The molecule has 0 spiro atoms. The van der Waals surface area contributed by atoms with Gasteiger partial charge in [-0.2, -0.15) is 0 Å². The number of nitrogens with two attached hydrogens (primary N) is 1. The van der Waals surface area contributed by atoms with Crippen molar-refractivity contribution < 1.29 is 9.53 Å². The van der Waals surface area contributed by atoms with Gasteiger partial charge in [-0.15, -0.1) is 12.4 Å². The Balaban J connectivity index is 0.00000144. The lowest BCUT2D eigenvalue weighted by atomic mass is 10.2. The molecule has 0 fully saturated rings. The lowest BCUT2D eigenvalue weighted by Crippen LogP contribution is -2.05. The van der Waals surface area contributed by atoms with Gasteiger partial charge in [-0.1, -0.05) is 17.7 Å². The zero-order valence-electron chi connectivity index (χ0n) is 6.91. The molecule has 1 aromatic rings. The van der Waals surface area contributed by atoms with Crippen LogP contribution in [-0.2, 0) is 4.74 Å². The van der Waals surface area contributed by atoms with E-state index in [-0.39, 0.29) is 18.0 Å². The third kappa shape index (κ3) is 2.50. The Labute approximate surface area is 87.2 Å². The molecule has 0 radical (unpaired) electrons. The van der Waals surface area contributed by atoms with Gasteiger partial charge in [0.2, 0.25) is 0 Å². The molecule has 5 heteroatoms. The fourth-order valence-electron chi connectivity index (χ4n) is 0.858. The van der Waals surface area contributed by atoms with Gasteiger partial charge in [-0.25, -0.2) is 4.79 Å². The summed E-state index contributed by atoms with van der Waals surface area (Å²) in [6.45, 7) is 0. The second kappa shape index (κ2) is 4.94. The number of rotatable bonds is 1. The average Bonchev–Trinajstić information content (AvgIpc) is 2.03. The van der Waals surface area contributed by atoms with Crippen molar-refractivity contribution in [2.45, 2.75) is 0 Å². The Bertz CT molecular complexity index is 295. The third-order valence-electron chi connectivity index (χ3n) is 1.44. The van der Waals surface area contributed by atoms with E-state index in [9.17, 15) is 4.79 Å². The minimum absolute atomic E-state index is 0. The summed E-state index contributed by atoms with van der Waals surface area (Å²) < 4.78 is 4.49. The number of anilines is 1. The van der Waals surface area contributed by atoms with Crippen molar-refractivity contribution in [3.63, 3.8) is 0 Å². The molecule has 0 aromatic heterocycles. The Morgan fingerprint density at radius 1 is 1.54 bits per heavy atom. The Kier molecular flexibility index (Phi) is 4.59. The van der Waals surface area contributed by atoms with Gasteiger partial charge < -0.3 is 10.5 Å². The lowest BCUT2D eigenvalue weighted by Gasteiger charge is -2.04. The number of halogens is 2. The molecule has 13 heavy (non-hydrogen) atoms. The van der Waals surface area contributed by atoms with E-state index in [0.717, 1.165) is 0 Å². The first-order valence-electron chi connectivity index (χ1n) is 3.29. The minimum Gasteiger partial charge on any atom is -0.465 e. The maximum Gasteiger partial charge on any atom is 0.341 e. The number of nitrogen functional groups attached to an aromatic ring is 1. The fourth-order valence-corrected chi connectivity index (χ4v) is 1.12. The van der Waals surface area contributed by atoms with E-state index in [0.29, 0.717) is 10.7 Å². The Morgan fingerprint density at radius 3 is 2.62 bits per heavy atom. The SMILES string of the molecule is COC(=O)c1c(N)cccc1Cl.Cl. The van der Waals surface area contributed by atoms with E-state index in [1.807, 2.05) is 0 Å². The van der Waals surface area contributed by atoms with E-state index in [4.69, 9.17) is 17.3 Å². The lowest BCUT2D eigenvalue weighted by molar-refractivity contribution is 0.0602. The van der Waals surface area contributed by atoms with E-state index < -0.39 is 5.97 Å². The highest BCUT2D eigenvalue weighted by Crippen LogP contribution is 2.22. The summed E-state index contributed by atoms with van der Waals surface area (Å²) in [6, 6.07) is 4.85. The number of esters is 1. The molecule has 0 aliphatic carbocycles. The summed E-state index contributed by atoms with van der Waals surface area (Å²) in [5, 5.41) is 0.307. The van der Waals surface area contributed by atoms with Crippen molar-refractivity contribution in [3.05, 3.63) is 28.8 Å². The van der Waals surface area contributed by atoms with Crippen LogP contribution in [0.5, 0.6) is 0 Å². The second-order valence-electron chi connectivity index (χ2n) is 2.20. The van der Waals surface area contributed by atoms with E-state index in [1.165, 1.54) is 7.11 Å². The Morgan fingerprint density at radius 2 is 2.15 bits per heavy atom. The number of hydrogen-bond acceptors (Lipinski definition) is 3. The van der Waals surface area contributed by atoms with Gasteiger partial charge >= 0.3 is 5.97 Å². The second-order valence-corrected chi connectivity index (χ2v) is 2.60. The van der Waals surface area contributed by atoms with Crippen LogP contribution in [0.15, 0.2) is 18.2 Å². The molecule has 0 heterocycles. The molecule has 3 nitrogen and oxygen atoms in total. The topological polar surface area (TPSA) is 52.3 Å². The molecule has 2 N–H and O–H groups in total. The van der Waals surface area contributed by atoms with Crippen LogP contribution in [-0.4, -0.2) is 13.1 Å². The fraction of sp³-hybridized carbons (Fsp3) is 0.125. The molecule has 0 saturated heterocycles. The maximum atomic E-state index is 11.1. The van der Waals surface area contributed by atoms with Gasteiger partial charge in [0.1, 0.15) is 5.56 Å². The van der Waals surface area contributed by atoms with Crippen molar-refractivity contribution in [3.8, 4) is 0 Å². The first kappa shape index (κ1) is 12.1. The summed E-state index contributed by atoms with van der Waals surface area (Å²) in [5.41, 5.74) is 6.06. The summed E-state index contributed by atoms with van der Waals surface area (Å²) >= 11 is 5.72. The van der Waals surface area contributed by atoms with Crippen molar-refractivity contribution in [1.82, 2.24) is 0 Å². The molecular weight excluding hydrogens is 213 g/mol. The standard InChI is InChI=1S/C8H8ClNO2.ClH/c1-12-8(11)7-5(9)3-2-4-6(7)10;/h2-4H,10H2,1H3;1H. The normalized spacial score (nSPS) is 8.77. The van der Waals surface area contributed by atoms with Crippen LogP contribution in [0, 0.1) is 0 Å². The first-order valence-corrected chi connectivity index (χ1v) is 3.67. The van der Waals surface area contributed by atoms with E-state index in [2.05, 4.69) is 4.74 Å². The van der Waals surface area contributed by atoms with E-state index >= 15 is 0 Å². The zero-order chi connectivity index (χ0) is 9.14. The molecule has 1 rings (SSSR count). The van der Waals surface area contributed by atoms with Gasteiger partial charge in [0.25, 0.3) is 0 Å². The molecular formula is C8H9Cl2NO2. The van der Waals surface area contributed by atoms with Crippen LogP contribution in [0.3, 0.4) is 0 Å². The molecule has 0 bridgehead atoms. The zero-order valence-corrected chi connectivity index (χ0v) is 8.48. The van der Waals surface area contributed by atoms with Crippen LogP contribution >= 0.6 is 24.0 Å². The summed E-state index contributed by atoms with van der Waals surface area (Å²) in [5.74, 6) is -0.516. The van der Waals surface area contributed by atoms with Crippen LogP contribution < -0.4 is 5.73 Å². The largest absolute Gasteiger partial charge is 0.465 e. The van der Waals surface area contributed by atoms with Gasteiger partial charge in [-0.3, -0.25) is 0 Å². The molecule has 0 saturated carbocycles. The molecule has 0 aliphatic rings. The molecule has 1 aromatic carbocycles. The summed E-state index contributed by atoms with van der Waals surface area (Å²) in [6.07, 6.45) is 0. The molecule has 0 unspecified atom stereocenters. The molecule has 0 atom stereocenters. The van der Waals surface area contributed by atoms with Crippen LogP contribution in [0.25, 0.3) is 0 Å². The minimum atomic E-state index is -0.516. The predicted molar refractivity (Wildman–Crippen MR) is 54.5 cm³/mol. The Hall–Kier alpha value is -0.930. The number of carbonyl (C=O) groups is 1. The van der Waals surface area contributed by atoms with Gasteiger partial charge in [0.15, 0.2) is 0 Å². The van der Waals surface area contributed by atoms with Crippen molar-refractivity contribution in [2.24, 2.45) is 0 Å². The smallest absolute Gasteiger partial charge is 0.341 e.